The molecule has 3 rings (SSSR count). The molecule has 2 aliphatic rings. The average Bonchev–Trinajstić information content (AvgIpc) is 2.92. The van der Waals surface area contributed by atoms with E-state index in [4.69, 9.17) is 16.3 Å². The summed E-state index contributed by atoms with van der Waals surface area (Å²) >= 11 is 6.09. The predicted molar refractivity (Wildman–Crippen MR) is 83.9 cm³/mol. The number of carbonyl (C=O) groups is 1. The van der Waals surface area contributed by atoms with Crippen LogP contribution < -0.4 is 10.6 Å². The highest BCUT2D eigenvalue weighted by Crippen LogP contribution is 2.53. The van der Waals surface area contributed by atoms with Gasteiger partial charge in [0.15, 0.2) is 0 Å². The van der Waals surface area contributed by atoms with Gasteiger partial charge in [0.25, 0.3) is 5.91 Å². The van der Waals surface area contributed by atoms with Gasteiger partial charge in [-0.3, -0.25) is 4.79 Å². The van der Waals surface area contributed by atoms with Crippen molar-refractivity contribution in [2.24, 2.45) is 11.3 Å². The molecule has 3 atom stereocenters. The van der Waals surface area contributed by atoms with Gasteiger partial charge in [0.05, 0.1) is 16.7 Å². The molecular weight excluding hydrogens is 288 g/mol. The Hall–Kier alpha value is -1.26. The van der Waals surface area contributed by atoms with Gasteiger partial charge in [0, 0.05) is 36.7 Å². The van der Waals surface area contributed by atoms with Gasteiger partial charge < -0.3 is 15.4 Å². The molecule has 0 radical (unpaired) electrons. The molecule has 21 heavy (non-hydrogen) atoms. The molecule has 4 nitrogen and oxygen atoms in total. The molecule has 1 saturated carbocycles. The first-order valence-electron chi connectivity index (χ1n) is 7.35. The molecule has 0 bridgehead atoms. The van der Waals surface area contributed by atoms with Crippen molar-refractivity contribution in [3.63, 3.8) is 0 Å². The first-order chi connectivity index (χ1) is 9.95. The summed E-state index contributed by atoms with van der Waals surface area (Å²) in [6.07, 6.45) is 1.45. The first-order valence-corrected chi connectivity index (χ1v) is 7.72. The fourth-order valence-corrected chi connectivity index (χ4v) is 3.92. The number of rotatable bonds is 3. The Morgan fingerprint density at radius 2 is 2.19 bits per heavy atom. The maximum absolute atomic E-state index is 11.8. The molecule has 2 fully saturated rings. The molecule has 1 saturated heterocycles. The van der Waals surface area contributed by atoms with Crippen LogP contribution in [0.25, 0.3) is 0 Å². The van der Waals surface area contributed by atoms with Gasteiger partial charge in [-0.15, -0.1) is 0 Å². The Bertz CT molecular complexity index is 573. The van der Waals surface area contributed by atoms with E-state index in [1.165, 1.54) is 0 Å². The van der Waals surface area contributed by atoms with Crippen molar-refractivity contribution in [2.45, 2.75) is 32.4 Å². The zero-order valence-electron chi connectivity index (χ0n) is 12.6. The number of ether oxygens (including phenoxy) is 1. The van der Waals surface area contributed by atoms with Crippen molar-refractivity contribution < 1.29 is 9.53 Å². The third-order valence-corrected chi connectivity index (χ3v) is 5.19. The molecule has 0 aromatic heterocycles. The minimum Gasteiger partial charge on any atom is -0.381 e. The van der Waals surface area contributed by atoms with E-state index in [2.05, 4.69) is 24.5 Å². The van der Waals surface area contributed by atoms with Crippen LogP contribution in [0.1, 0.15) is 30.6 Å². The van der Waals surface area contributed by atoms with E-state index in [9.17, 15) is 4.79 Å². The van der Waals surface area contributed by atoms with Gasteiger partial charge in [0.2, 0.25) is 0 Å². The monoisotopic (exact) mass is 308 g/mol. The second kappa shape index (κ2) is 5.18. The highest BCUT2D eigenvalue weighted by Gasteiger charge is 2.59. The number of benzene rings is 1. The maximum atomic E-state index is 11.8. The number of fused-ring (bicyclic) bond motifs is 1. The summed E-state index contributed by atoms with van der Waals surface area (Å²) in [5, 5.41) is 6.65. The third-order valence-electron chi connectivity index (χ3n) is 4.86. The second-order valence-electron chi connectivity index (χ2n) is 6.46. The Kier molecular flexibility index (Phi) is 3.62. The van der Waals surface area contributed by atoms with Crippen molar-refractivity contribution in [1.29, 1.82) is 0 Å². The van der Waals surface area contributed by atoms with Gasteiger partial charge in [-0.1, -0.05) is 25.4 Å². The number of amides is 1. The molecular formula is C16H21ClN2O2. The van der Waals surface area contributed by atoms with Gasteiger partial charge >= 0.3 is 0 Å². The van der Waals surface area contributed by atoms with Gasteiger partial charge in [-0.05, 0) is 24.6 Å². The molecule has 1 aliphatic heterocycles. The van der Waals surface area contributed by atoms with Crippen LogP contribution >= 0.6 is 11.6 Å². The van der Waals surface area contributed by atoms with Crippen molar-refractivity contribution >= 4 is 23.2 Å². The van der Waals surface area contributed by atoms with Crippen LogP contribution in [0.4, 0.5) is 5.69 Å². The van der Waals surface area contributed by atoms with Crippen molar-refractivity contribution in [3.8, 4) is 0 Å². The van der Waals surface area contributed by atoms with Crippen LogP contribution in [0.3, 0.4) is 0 Å². The highest BCUT2D eigenvalue weighted by molar-refractivity contribution is 6.34. The largest absolute Gasteiger partial charge is 0.381 e. The van der Waals surface area contributed by atoms with Gasteiger partial charge in [-0.2, -0.15) is 0 Å². The van der Waals surface area contributed by atoms with Gasteiger partial charge in [-0.25, -0.2) is 0 Å². The standard InChI is InChI=1S/C16H21ClN2O2/c1-16(2)13(10-6-7-21-14(10)16)19-9-4-5-12(17)11(8-9)15(20)18-3/h4-5,8,10,13-14,19H,6-7H2,1-3H3,(H,18,20). The van der Waals surface area contributed by atoms with E-state index in [-0.39, 0.29) is 11.3 Å². The number of nitrogens with one attached hydrogen (secondary N) is 2. The van der Waals surface area contributed by atoms with E-state index in [1.54, 1.807) is 13.1 Å². The minimum atomic E-state index is -0.168. The Morgan fingerprint density at radius 1 is 1.43 bits per heavy atom. The van der Waals surface area contributed by atoms with Crippen LogP contribution in [0.15, 0.2) is 18.2 Å². The summed E-state index contributed by atoms with van der Waals surface area (Å²) in [5.74, 6) is 0.387. The van der Waals surface area contributed by atoms with Crippen molar-refractivity contribution in [2.75, 3.05) is 19.0 Å². The average molecular weight is 309 g/mol. The lowest BCUT2D eigenvalue weighted by atomic mass is 9.57. The minimum absolute atomic E-state index is 0.105. The number of carbonyl (C=O) groups excluding carboxylic acids is 1. The summed E-state index contributed by atoms with van der Waals surface area (Å²) in [6, 6.07) is 5.88. The molecule has 2 N–H and O–H groups in total. The molecule has 3 unspecified atom stereocenters. The number of hydrogen-bond acceptors (Lipinski definition) is 3. The number of anilines is 1. The zero-order chi connectivity index (χ0) is 15.2. The van der Waals surface area contributed by atoms with E-state index in [0.29, 0.717) is 28.6 Å². The Morgan fingerprint density at radius 3 is 2.90 bits per heavy atom. The lowest BCUT2D eigenvalue weighted by molar-refractivity contribution is -0.0923. The molecule has 1 amide bonds. The normalized spacial score (nSPS) is 29.4. The van der Waals surface area contributed by atoms with Crippen LogP contribution in [0.2, 0.25) is 5.02 Å². The lowest BCUT2D eigenvalue weighted by Gasteiger charge is -2.55. The number of hydrogen-bond donors (Lipinski definition) is 2. The summed E-state index contributed by atoms with van der Waals surface area (Å²) in [7, 11) is 1.61. The van der Waals surface area contributed by atoms with Crippen LogP contribution in [0.5, 0.6) is 0 Å². The molecule has 0 spiro atoms. The Balaban J connectivity index is 1.81. The number of halogens is 1. The van der Waals surface area contributed by atoms with Crippen LogP contribution in [-0.2, 0) is 4.74 Å². The molecule has 1 aliphatic carbocycles. The van der Waals surface area contributed by atoms with Crippen LogP contribution in [0, 0.1) is 11.3 Å². The van der Waals surface area contributed by atoms with Crippen molar-refractivity contribution in [1.82, 2.24) is 5.32 Å². The van der Waals surface area contributed by atoms with Crippen LogP contribution in [-0.4, -0.2) is 31.7 Å². The summed E-state index contributed by atoms with van der Waals surface area (Å²) in [5.41, 5.74) is 1.54. The molecule has 1 heterocycles. The topological polar surface area (TPSA) is 50.4 Å². The zero-order valence-corrected chi connectivity index (χ0v) is 13.3. The fourth-order valence-electron chi connectivity index (χ4n) is 3.72. The lowest BCUT2D eigenvalue weighted by Crippen LogP contribution is -2.63. The van der Waals surface area contributed by atoms with E-state index >= 15 is 0 Å². The Labute approximate surface area is 130 Å². The van der Waals surface area contributed by atoms with E-state index in [1.807, 2.05) is 12.1 Å². The SMILES string of the molecule is CNC(=O)c1cc(NC2C3CCOC3C2(C)C)ccc1Cl. The van der Waals surface area contributed by atoms with E-state index in [0.717, 1.165) is 18.7 Å². The smallest absolute Gasteiger partial charge is 0.252 e. The van der Waals surface area contributed by atoms with Gasteiger partial charge in [0.1, 0.15) is 0 Å². The molecule has 5 heteroatoms. The van der Waals surface area contributed by atoms with E-state index < -0.39 is 0 Å². The second-order valence-corrected chi connectivity index (χ2v) is 6.87. The summed E-state index contributed by atoms with van der Waals surface area (Å²) < 4.78 is 5.81. The van der Waals surface area contributed by atoms with Crippen molar-refractivity contribution in [3.05, 3.63) is 28.8 Å². The quantitative estimate of drug-likeness (QED) is 0.902. The fraction of sp³-hybridized carbons (Fsp3) is 0.562. The summed E-state index contributed by atoms with van der Waals surface area (Å²) in [6.45, 7) is 5.31. The third kappa shape index (κ3) is 2.30. The molecule has 1 aromatic carbocycles. The summed E-state index contributed by atoms with van der Waals surface area (Å²) in [4.78, 5) is 11.8. The highest BCUT2D eigenvalue weighted by atomic mass is 35.5. The predicted octanol–water partition coefficient (Wildman–Crippen LogP) is 2.93. The molecule has 114 valence electrons. The first kappa shape index (κ1) is 14.7. The molecule has 1 aromatic rings. The maximum Gasteiger partial charge on any atom is 0.252 e.